The molecule has 0 bridgehead atoms. The van der Waals surface area contributed by atoms with E-state index in [0.29, 0.717) is 33.8 Å². The van der Waals surface area contributed by atoms with Gasteiger partial charge in [-0.05, 0) is 55.3 Å². The zero-order chi connectivity index (χ0) is 20.0. The maximum Gasteiger partial charge on any atom is 0.323 e. The van der Waals surface area contributed by atoms with Gasteiger partial charge in [0, 0.05) is 39.7 Å². The Morgan fingerprint density at radius 2 is 1.83 bits per heavy atom. The molecule has 1 aromatic heterocycles. The van der Waals surface area contributed by atoms with E-state index < -0.39 is 6.03 Å². The van der Waals surface area contributed by atoms with Gasteiger partial charge >= 0.3 is 6.03 Å². The maximum absolute atomic E-state index is 13.0. The Hall–Kier alpha value is -2.96. The molecule has 29 heavy (non-hydrogen) atoms. The fraction of sp³-hybridized carbons (Fsp3) is 0.227. The van der Waals surface area contributed by atoms with Crippen molar-refractivity contribution in [1.82, 2.24) is 10.3 Å². The van der Waals surface area contributed by atoms with Crippen LogP contribution >= 0.6 is 11.6 Å². The summed E-state index contributed by atoms with van der Waals surface area (Å²) in [6.07, 6.45) is 3.42. The molecule has 6 nitrogen and oxygen atoms in total. The number of aromatic nitrogens is 1. The van der Waals surface area contributed by atoms with Gasteiger partial charge in [-0.15, -0.1) is 0 Å². The molecule has 0 spiro atoms. The van der Waals surface area contributed by atoms with E-state index >= 15 is 0 Å². The number of pyridine rings is 1. The monoisotopic (exact) mass is 406 g/mol. The molecule has 5 rings (SSSR count). The summed E-state index contributed by atoms with van der Waals surface area (Å²) in [5.74, 6) is 0.921. The van der Waals surface area contributed by atoms with Gasteiger partial charge in [0.1, 0.15) is 0 Å². The number of amides is 2. The van der Waals surface area contributed by atoms with E-state index in [9.17, 15) is 9.59 Å². The Labute approximate surface area is 172 Å². The minimum absolute atomic E-state index is 0.0339. The van der Waals surface area contributed by atoms with Crippen LogP contribution in [0.3, 0.4) is 0 Å². The van der Waals surface area contributed by atoms with Crippen LogP contribution in [0.1, 0.15) is 10.4 Å². The second kappa shape index (κ2) is 7.13. The Kier molecular flexibility index (Phi) is 4.45. The lowest BCUT2D eigenvalue weighted by molar-refractivity contribution is 0.0954. The molecule has 3 aromatic rings. The third kappa shape index (κ3) is 3.34. The van der Waals surface area contributed by atoms with Gasteiger partial charge in [-0.25, -0.2) is 4.79 Å². The highest BCUT2D eigenvalue weighted by Crippen LogP contribution is 2.50. The molecule has 1 aliphatic carbocycles. The molecule has 1 saturated heterocycles. The highest BCUT2D eigenvalue weighted by molar-refractivity contribution is 6.31. The molecule has 2 atom stereocenters. The molecule has 2 amide bonds. The van der Waals surface area contributed by atoms with Gasteiger partial charge < -0.3 is 16.0 Å². The Bertz CT molecular complexity index is 1120. The quantitative estimate of drug-likeness (QED) is 0.567. The van der Waals surface area contributed by atoms with Crippen molar-refractivity contribution in [3.8, 4) is 0 Å². The van der Waals surface area contributed by atoms with Crippen LogP contribution in [0.4, 0.5) is 16.2 Å². The predicted octanol–water partition coefficient (Wildman–Crippen LogP) is 4.18. The van der Waals surface area contributed by atoms with Crippen molar-refractivity contribution in [3.63, 3.8) is 0 Å². The summed E-state index contributed by atoms with van der Waals surface area (Å²) >= 11 is 6.13. The molecule has 1 aliphatic heterocycles. The molecule has 0 radical (unpaired) electrons. The van der Waals surface area contributed by atoms with Gasteiger partial charge in [-0.2, -0.15) is 0 Å². The molecule has 3 N–H and O–H groups in total. The highest BCUT2D eigenvalue weighted by Gasteiger charge is 2.56. The number of anilines is 2. The Morgan fingerprint density at radius 3 is 2.66 bits per heavy atom. The number of carbonyl (C=O) groups is 2. The smallest absolute Gasteiger partial charge is 0.316 e. The average molecular weight is 407 g/mol. The number of ketones is 1. The average Bonchev–Trinajstić information content (AvgIpc) is 3.19. The first-order valence-corrected chi connectivity index (χ1v) is 9.95. The van der Waals surface area contributed by atoms with Crippen LogP contribution in [0.15, 0.2) is 54.9 Å². The fourth-order valence-electron chi connectivity index (χ4n) is 4.33. The summed E-state index contributed by atoms with van der Waals surface area (Å²) < 4.78 is 0. The third-order valence-electron chi connectivity index (χ3n) is 5.82. The fourth-order valence-corrected chi connectivity index (χ4v) is 4.50. The van der Waals surface area contributed by atoms with Crippen molar-refractivity contribution in [2.75, 3.05) is 23.7 Å². The van der Waals surface area contributed by atoms with Crippen molar-refractivity contribution >= 4 is 45.6 Å². The zero-order valence-electron chi connectivity index (χ0n) is 15.5. The number of hydrogen-bond acceptors (Lipinski definition) is 4. The zero-order valence-corrected chi connectivity index (χ0v) is 16.2. The summed E-state index contributed by atoms with van der Waals surface area (Å²) in [5.41, 5.74) is 1.60. The van der Waals surface area contributed by atoms with Crippen LogP contribution in [0.2, 0.25) is 5.02 Å². The van der Waals surface area contributed by atoms with Crippen molar-refractivity contribution in [2.45, 2.75) is 0 Å². The van der Waals surface area contributed by atoms with Crippen molar-refractivity contribution < 1.29 is 9.59 Å². The van der Waals surface area contributed by atoms with Crippen LogP contribution in [0.5, 0.6) is 0 Å². The number of benzene rings is 2. The summed E-state index contributed by atoms with van der Waals surface area (Å²) in [4.78, 5) is 29.8. The molecule has 2 heterocycles. The summed E-state index contributed by atoms with van der Waals surface area (Å²) in [6.45, 7) is 1.77. The van der Waals surface area contributed by atoms with Crippen molar-refractivity contribution in [1.29, 1.82) is 0 Å². The van der Waals surface area contributed by atoms with E-state index in [2.05, 4.69) is 20.9 Å². The molecule has 146 valence electrons. The molecular weight excluding hydrogens is 388 g/mol. The normalized spacial score (nSPS) is 22.2. The van der Waals surface area contributed by atoms with Crippen molar-refractivity contribution in [2.24, 2.45) is 17.8 Å². The topological polar surface area (TPSA) is 83.1 Å². The Balaban J connectivity index is 1.38. The van der Waals surface area contributed by atoms with Gasteiger partial charge in [0.2, 0.25) is 0 Å². The maximum atomic E-state index is 13.0. The van der Waals surface area contributed by atoms with Crippen LogP contribution in [-0.2, 0) is 0 Å². The summed E-state index contributed by atoms with van der Waals surface area (Å²) in [6, 6.07) is 12.0. The van der Waals surface area contributed by atoms with E-state index in [1.54, 1.807) is 30.6 Å². The van der Waals surface area contributed by atoms with Crippen LogP contribution < -0.4 is 16.0 Å². The van der Waals surface area contributed by atoms with Gasteiger partial charge in [-0.1, -0.05) is 23.7 Å². The van der Waals surface area contributed by atoms with Crippen LogP contribution in [0.25, 0.3) is 10.8 Å². The molecular formula is C22H19ClN4O2. The van der Waals surface area contributed by atoms with E-state index in [1.165, 1.54) is 0 Å². The predicted molar refractivity (Wildman–Crippen MR) is 114 cm³/mol. The van der Waals surface area contributed by atoms with Crippen LogP contribution in [0, 0.1) is 17.8 Å². The number of Topliss-reactive ketones (excluding diaryl/α,β-unsaturated/α-hetero) is 1. The number of rotatable bonds is 4. The third-order valence-corrected chi connectivity index (χ3v) is 6.05. The molecule has 2 aliphatic rings. The first kappa shape index (κ1) is 18.1. The minimum Gasteiger partial charge on any atom is -0.316 e. The summed E-state index contributed by atoms with van der Waals surface area (Å²) in [5, 5.41) is 11.2. The van der Waals surface area contributed by atoms with Gasteiger partial charge in [-0.3, -0.25) is 9.78 Å². The van der Waals surface area contributed by atoms with E-state index in [0.717, 1.165) is 23.9 Å². The molecule has 1 saturated carbocycles. The number of urea groups is 1. The van der Waals surface area contributed by atoms with E-state index in [1.807, 2.05) is 24.3 Å². The lowest BCUT2D eigenvalue weighted by Crippen LogP contribution is -2.23. The number of nitrogens with one attached hydrogen (secondary N) is 3. The standard InChI is InChI=1S/C22H19ClN4O2/c23-13-4-5-15(21(28)20-16-10-25-11-17(16)20)19(8-13)27-22(29)26-18-3-1-2-12-9-24-7-6-14(12)18/h1-9,16-17,20,25H,10-11H2,(H2,26,27,29). The first-order valence-electron chi connectivity index (χ1n) is 9.57. The van der Waals surface area contributed by atoms with E-state index in [-0.39, 0.29) is 11.7 Å². The van der Waals surface area contributed by atoms with Gasteiger partial charge in [0.15, 0.2) is 5.78 Å². The Morgan fingerprint density at radius 1 is 1.03 bits per heavy atom. The lowest BCUT2D eigenvalue weighted by atomic mass is 10.0. The number of piperidine rings is 1. The molecule has 2 unspecified atom stereocenters. The highest BCUT2D eigenvalue weighted by atomic mass is 35.5. The van der Waals surface area contributed by atoms with Gasteiger partial charge in [0.25, 0.3) is 0 Å². The minimum atomic E-state index is -0.428. The molecule has 2 fully saturated rings. The van der Waals surface area contributed by atoms with Gasteiger partial charge in [0.05, 0.1) is 11.4 Å². The van der Waals surface area contributed by atoms with Crippen LogP contribution in [-0.4, -0.2) is 29.9 Å². The first-order chi connectivity index (χ1) is 14.1. The lowest BCUT2D eigenvalue weighted by Gasteiger charge is -2.14. The van der Waals surface area contributed by atoms with E-state index in [4.69, 9.17) is 11.6 Å². The second-order valence-corrected chi connectivity index (χ2v) is 7.98. The molecule has 2 aromatic carbocycles. The number of halogens is 1. The number of nitrogens with zero attached hydrogens (tertiary/aromatic N) is 1. The number of hydrogen-bond donors (Lipinski definition) is 3. The summed E-state index contributed by atoms with van der Waals surface area (Å²) in [7, 11) is 0. The number of fused-ring (bicyclic) bond motifs is 2. The largest absolute Gasteiger partial charge is 0.323 e. The SMILES string of the molecule is O=C(Nc1cc(Cl)ccc1C(=O)C1C2CNCC21)Nc1cccc2cnccc12. The molecule has 7 heteroatoms. The number of carbonyl (C=O) groups excluding carboxylic acids is 2. The second-order valence-electron chi connectivity index (χ2n) is 7.55. The van der Waals surface area contributed by atoms with Crippen molar-refractivity contribution in [3.05, 3.63) is 65.4 Å².